The van der Waals surface area contributed by atoms with Crippen LogP contribution in [-0.2, 0) is 15.0 Å². The molecule has 0 aliphatic carbocycles. The Morgan fingerprint density at radius 1 is 1.15 bits per heavy atom. The van der Waals surface area contributed by atoms with E-state index in [1.54, 1.807) is 18.2 Å². The van der Waals surface area contributed by atoms with Crippen LogP contribution in [0.25, 0.3) is 16.8 Å². The molecule has 0 N–H and O–H groups in total. The lowest BCUT2D eigenvalue weighted by molar-refractivity contribution is 0.608. The summed E-state index contributed by atoms with van der Waals surface area (Å²) in [6.45, 7) is 7.48. The fourth-order valence-corrected chi connectivity index (χ4v) is 2.58. The first-order chi connectivity index (χ1) is 12.4. The van der Waals surface area contributed by atoms with E-state index < -0.39 is 15.0 Å². The molecule has 0 aliphatic rings. The summed E-state index contributed by atoms with van der Waals surface area (Å²) in [4.78, 5) is 8.47. The molecule has 0 bridgehead atoms. The number of aromatic nitrogens is 2. The van der Waals surface area contributed by atoms with Crippen molar-refractivity contribution in [3.63, 3.8) is 0 Å². The second kappa shape index (κ2) is 7.91. The minimum Gasteiger partial charge on any atom is -0.262 e. The van der Waals surface area contributed by atoms with Crippen LogP contribution in [-0.4, -0.2) is 48.2 Å². The third-order valence-corrected chi connectivity index (χ3v) is 4.92. The molecule has 130 valence electrons. The molecule has 0 aliphatic heterocycles. The molecule has 0 fully saturated rings. The van der Waals surface area contributed by atoms with Gasteiger partial charge in [-0.25, -0.2) is 8.42 Å². The minimum absolute atomic E-state index is 0.0311. The SMILES string of the molecule is [B]C([B])([B])c1ccc(-c2ncc(Cl)cc2C(=C)/C=C\C(=C)S(C)(=O)=O)cn1. The van der Waals surface area contributed by atoms with Gasteiger partial charge in [0.05, 0.1) is 39.2 Å². The van der Waals surface area contributed by atoms with Gasteiger partial charge in [-0.3, -0.25) is 9.97 Å². The van der Waals surface area contributed by atoms with E-state index in [1.807, 2.05) is 0 Å². The van der Waals surface area contributed by atoms with E-state index in [4.69, 9.17) is 35.1 Å². The Morgan fingerprint density at radius 2 is 1.81 bits per heavy atom. The molecule has 0 amide bonds. The normalized spacial score (nSPS) is 12.2. The average Bonchev–Trinajstić information content (AvgIpc) is 2.57. The summed E-state index contributed by atoms with van der Waals surface area (Å²) >= 11 is 6.06. The van der Waals surface area contributed by atoms with Gasteiger partial charge < -0.3 is 0 Å². The van der Waals surface area contributed by atoms with Crippen LogP contribution in [0.3, 0.4) is 0 Å². The molecule has 6 radical (unpaired) electrons. The molecular formula is C18H14B3ClN2O2S. The summed E-state index contributed by atoms with van der Waals surface area (Å²) in [6, 6.07) is 4.99. The highest BCUT2D eigenvalue weighted by atomic mass is 35.5. The zero-order chi connectivity index (χ0) is 20.4. The Kier molecular flexibility index (Phi) is 6.23. The number of hydrogen-bond donors (Lipinski definition) is 0. The third-order valence-electron chi connectivity index (χ3n) is 3.63. The second-order valence-corrected chi connectivity index (χ2v) is 8.52. The third kappa shape index (κ3) is 5.47. The van der Waals surface area contributed by atoms with Crippen LogP contribution < -0.4 is 0 Å². The van der Waals surface area contributed by atoms with Crippen LogP contribution in [0.15, 0.2) is 60.8 Å². The molecule has 2 aromatic heterocycles. The van der Waals surface area contributed by atoms with Gasteiger partial charge in [0.2, 0.25) is 0 Å². The smallest absolute Gasteiger partial charge is 0.174 e. The van der Waals surface area contributed by atoms with Gasteiger partial charge in [-0.1, -0.05) is 35.9 Å². The summed E-state index contributed by atoms with van der Waals surface area (Å²) in [5.41, 5.74) is 2.62. The van der Waals surface area contributed by atoms with Crippen molar-refractivity contribution >= 4 is 50.6 Å². The van der Waals surface area contributed by atoms with Crippen LogP contribution in [0.5, 0.6) is 0 Å². The Balaban J connectivity index is 2.44. The summed E-state index contributed by atoms with van der Waals surface area (Å²) in [5.74, 6) is 0. The molecular weight excluding hydrogens is 376 g/mol. The summed E-state index contributed by atoms with van der Waals surface area (Å²) in [5, 5.41) is -1.15. The van der Waals surface area contributed by atoms with Gasteiger partial charge in [0.1, 0.15) is 0 Å². The van der Waals surface area contributed by atoms with E-state index in [2.05, 4.69) is 23.1 Å². The zero-order valence-electron chi connectivity index (χ0n) is 14.7. The molecule has 0 saturated carbocycles. The monoisotopic (exact) mass is 390 g/mol. The van der Waals surface area contributed by atoms with E-state index in [-0.39, 0.29) is 4.91 Å². The lowest BCUT2D eigenvalue weighted by Gasteiger charge is -2.19. The number of allylic oxidation sites excluding steroid dienone is 3. The summed E-state index contributed by atoms with van der Waals surface area (Å²) in [7, 11) is 13.5. The van der Waals surface area contributed by atoms with Crippen molar-refractivity contribution < 1.29 is 8.42 Å². The fraction of sp³-hybridized carbons (Fsp3) is 0.111. The standard InChI is InChI=1S/C18H14B3ClN2O2S/c1-11(4-5-12(2)27(3,25)26)15-8-14(22)10-24-17(15)13-6-7-16(23-9-13)18(19,20)21/h4-10H,1-2H2,3H3/b5-4-. The number of hydrogen-bond acceptors (Lipinski definition) is 4. The molecule has 0 atom stereocenters. The van der Waals surface area contributed by atoms with Crippen LogP contribution in [0, 0.1) is 0 Å². The molecule has 9 heteroatoms. The van der Waals surface area contributed by atoms with E-state index >= 15 is 0 Å². The molecule has 2 heterocycles. The van der Waals surface area contributed by atoms with E-state index in [9.17, 15) is 8.42 Å². The molecule has 0 spiro atoms. The van der Waals surface area contributed by atoms with Crippen LogP contribution >= 0.6 is 11.6 Å². The maximum atomic E-state index is 11.5. The minimum atomic E-state index is -3.38. The highest BCUT2D eigenvalue weighted by Gasteiger charge is 2.15. The first kappa shape index (κ1) is 21.3. The van der Waals surface area contributed by atoms with Gasteiger partial charge in [0.15, 0.2) is 9.84 Å². The topological polar surface area (TPSA) is 59.9 Å². The predicted octanol–water partition coefficient (Wildman–Crippen LogP) is 2.54. The summed E-state index contributed by atoms with van der Waals surface area (Å²) in [6.07, 6.45) is 7.00. The molecule has 0 unspecified atom stereocenters. The summed E-state index contributed by atoms with van der Waals surface area (Å²) < 4.78 is 23.0. The fourth-order valence-electron chi connectivity index (χ4n) is 2.11. The highest BCUT2D eigenvalue weighted by Crippen LogP contribution is 2.29. The van der Waals surface area contributed by atoms with Crippen molar-refractivity contribution in [2.75, 3.05) is 6.26 Å². The van der Waals surface area contributed by atoms with Gasteiger partial charge in [-0.2, -0.15) is 0 Å². The highest BCUT2D eigenvalue weighted by molar-refractivity contribution is 7.94. The van der Waals surface area contributed by atoms with E-state index in [0.29, 0.717) is 33.1 Å². The maximum absolute atomic E-state index is 11.5. The molecule has 0 saturated heterocycles. The Labute approximate surface area is 168 Å². The van der Waals surface area contributed by atoms with Gasteiger partial charge in [-0.05, 0) is 29.8 Å². The lowest BCUT2D eigenvalue weighted by atomic mass is 9.41. The van der Waals surface area contributed by atoms with Crippen molar-refractivity contribution in [1.29, 1.82) is 0 Å². The predicted molar refractivity (Wildman–Crippen MR) is 114 cm³/mol. The average molecular weight is 390 g/mol. The number of halogens is 1. The largest absolute Gasteiger partial charge is 0.262 e. The quantitative estimate of drug-likeness (QED) is 0.562. The van der Waals surface area contributed by atoms with Gasteiger partial charge in [-0.15, -0.1) is 0 Å². The Hall–Kier alpha value is -2.05. The van der Waals surface area contributed by atoms with Gasteiger partial charge in [0.25, 0.3) is 0 Å². The van der Waals surface area contributed by atoms with Crippen LogP contribution in [0.4, 0.5) is 0 Å². The first-order valence-electron chi connectivity index (χ1n) is 7.65. The van der Waals surface area contributed by atoms with Crippen molar-refractivity contribution in [3.8, 4) is 11.3 Å². The van der Waals surface area contributed by atoms with Crippen LogP contribution in [0.1, 0.15) is 11.3 Å². The van der Waals surface area contributed by atoms with Gasteiger partial charge in [0, 0.05) is 35.5 Å². The molecule has 27 heavy (non-hydrogen) atoms. The van der Waals surface area contributed by atoms with E-state index in [1.165, 1.54) is 24.5 Å². The lowest BCUT2D eigenvalue weighted by Crippen LogP contribution is -2.28. The number of nitrogens with zero attached hydrogens (tertiary/aromatic N) is 2. The second-order valence-electron chi connectivity index (χ2n) is 6.01. The first-order valence-corrected chi connectivity index (χ1v) is 9.92. The number of rotatable bonds is 6. The molecule has 0 aromatic carbocycles. The molecule has 2 rings (SSSR count). The Bertz CT molecular complexity index is 1030. The van der Waals surface area contributed by atoms with Crippen molar-refractivity contribution in [1.82, 2.24) is 9.97 Å². The van der Waals surface area contributed by atoms with Crippen molar-refractivity contribution in [3.05, 3.63) is 77.1 Å². The van der Waals surface area contributed by atoms with Gasteiger partial charge >= 0.3 is 0 Å². The van der Waals surface area contributed by atoms with E-state index in [0.717, 1.165) is 6.26 Å². The Morgan fingerprint density at radius 3 is 2.33 bits per heavy atom. The zero-order valence-corrected chi connectivity index (χ0v) is 16.3. The molecule has 4 nitrogen and oxygen atoms in total. The van der Waals surface area contributed by atoms with Crippen LogP contribution in [0.2, 0.25) is 5.02 Å². The number of sulfone groups is 1. The molecule has 2 aromatic rings. The number of pyridine rings is 2. The van der Waals surface area contributed by atoms with Crippen molar-refractivity contribution in [2.24, 2.45) is 0 Å². The van der Waals surface area contributed by atoms with Crippen molar-refractivity contribution in [2.45, 2.75) is 5.11 Å². The maximum Gasteiger partial charge on any atom is 0.174 e.